The molecule has 1 fully saturated rings. The molecule has 3 rings (SSSR count). The van der Waals surface area contributed by atoms with E-state index in [1.54, 1.807) is 0 Å². The van der Waals surface area contributed by atoms with E-state index in [1.807, 2.05) is 30.3 Å². The van der Waals surface area contributed by atoms with Crippen LogP contribution in [0.3, 0.4) is 0 Å². The van der Waals surface area contributed by atoms with E-state index in [-0.39, 0.29) is 6.54 Å². The average molecular weight is 393 g/mol. The molecule has 1 amide bonds. The number of nitrogens with zero attached hydrogens (tertiary/aromatic N) is 3. The third-order valence-corrected chi connectivity index (χ3v) is 4.85. The van der Waals surface area contributed by atoms with Crippen molar-refractivity contribution in [1.29, 1.82) is 0 Å². The van der Waals surface area contributed by atoms with Gasteiger partial charge in [-0.1, -0.05) is 30.3 Å². The highest BCUT2D eigenvalue weighted by atomic mass is 19.4. The lowest BCUT2D eigenvalue weighted by Gasteiger charge is -2.29. The van der Waals surface area contributed by atoms with E-state index in [9.17, 15) is 23.1 Å². The van der Waals surface area contributed by atoms with Gasteiger partial charge in [0, 0.05) is 32.9 Å². The van der Waals surface area contributed by atoms with Crippen molar-refractivity contribution < 1.29 is 23.1 Å². The maximum atomic E-state index is 13.1. The zero-order valence-electron chi connectivity index (χ0n) is 15.5. The fourth-order valence-corrected chi connectivity index (χ4v) is 3.57. The quantitative estimate of drug-likeness (QED) is 0.849. The molecule has 0 saturated carbocycles. The van der Waals surface area contributed by atoms with Crippen molar-refractivity contribution in [2.75, 3.05) is 26.7 Å². The first-order chi connectivity index (χ1) is 13.2. The summed E-state index contributed by atoms with van der Waals surface area (Å²) in [5, 5.41) is 10.9. The lowest BCUT2D eigenvalue weighted by atomic mass is 10.0. The van der Waals surface area contributed by atoms with Crippen LogP contribution in [-0.2, 0) is 12.7 Å². The molecular weight excluding hydrogens is 371 g/mol. The number of benzene rings is 1. The SMILES string of the molecule is CN(CC1(O)CCN(Cc2ccccc2)C1)C(=O)c1cccnc1C(F)(F)F. The van der Waals surface area contributed by atoms with Gasteiger partial charge in [0.15, 0.2) is 5.69 Å². The summed E-state index contributed by atoms with van der Waals surface area (Å²) in [4.78, 5) is 19.1. The molecule has 0 bridgehead atoms. The molecule has 0 aliphatic carbocycles. The lowest BCUT2D eigenvalue weighted by molar-refractivity contribution is -0.141. The molecule has 1 aliphatic rings. The summed E-state index contributed by atoms with van der Waals surface area (Å²) in [5.41, 5.74) is -1.78. The van der Waals surface area contributed by atoms with Gasteiger partial charge >= 0.3 is 6.18 Å². The Morgan fingerprint density at radius 2 is 1.96 bits per heavy atom. The number of likely N-dealkylation sites (N-methyl/N-ethyl adjacent to an activating group) is 1. The first-order valence-electron chi connectivity index (χ1n) is 8.94. The molecule has 1 N–H and O–H groups in total. The van der Waals surface area contributed by atoms with Crippen LogP contribution in [0.1, 0.15) is 28.0 Å². The van der Waals surface area contributed by atoms with Crippen LogP contribution in [0.15, 0.2) is 48.7 Å². The van der Waals surface area contributed by atoms with Gasteiger partial charge in [-0.2, -0.15) is 13.2 Å². The maximum absolute atomic E-state index is 13.1. The second-order valence-electron chi connectivity index (χ2n) is 7.23. The van der Waals surface area contributed by atoms with Gasteiger partial charge in [-0.15, -0.1) is 0 Å². The van der Waals surface area contributed by atoms with Crippen LogP contribution in [0.5, 0.6) is 0 Å². The molecule has 1 aliphatic heterocycles. The van der Waals surface area contributed by atoms with Gasteiger partial charge in [0.05, 0.1) is 17.7 Å². The molecule has 5 nitrogen and oxygen atoms in total. The van der Waals surface area contributed by atoms with Crippen molar-refractivity contribution >= 4 is 5.91 Å². The van der Waals surface area contributed by atoms with E-state index in [4.69, 9.17) is 0 Å². The number of aliphatic hydroxyl groups is 1. The number of aromatic nitrogens is 1. The van der Waals surface area contributed by atoms with Crippen LogP contribution >= 0.6 is 0 Å². The van der Waals surface area contributed by atoms with E-state index in [0.29, 0.717) is 26.1 Å². The smallest absolute Gasteiger partial charge is 0.387 e. The molecule has 1 atom stereocenters. The Hall–Kier alpha value is -2.45. The third-order valence-electron chi connectivity index (χ3n) is 4.85. The summed E-state index contributed by atoms with van der Waals surface area (Å²) >= 11 is 0. The number of hydrogen-bond acceptors (Lipinski definition) is 4. The minimum absolute atomic E-state index is 0.0523. The van der Waals surface area contributed by atoms with Crippen molar-refractivity contribution in [1.82, 2.24) is 14.8 Å². The molecule has 1 saturated heterocycles. The van der Waals surface area contributed by atoms with Gasteiger partial charge in [0.1, 0.15) is 0 Å². The van der Waals surface area contributed by atoms with E-state index >= 15 is 0 Å². The van der Waals surface area contributed by atoms with Crippen molar-refractivity contribution in [2.45, 2.75) is 24.7 Å². The number of hydrogen-bond donors (Lipinski definition) is 1. The number of rotatable bonds is 5. The average Bonchev–Trinajstić information content (AvgIpc) is 3.01. The van der Waals surface area contributed by atoms with Gasteiger partial charge < -0.3 is 10.0 Å². The van der Waals surface area contributed by atoms with E-state index in [1.165, 1.54) is 13.1 Å². The second kappa shape index (κ2) is 7.89. The predicted molar refractivity (Wildman–Crippen MR) is 97.5 cm³/mol. The Balaban J connectivity index is 1.66. The first kappa shape index (κ1) is 20.3. The van der Waals surface area contributed by atoms with Crippen LogP contribution in [0.4, 0.5) is 13.2 Å². The summed E-state index contributed by atoms with van der Waals surface area (Å²) in [7, 11) is 1.40. The highest BCUT2D eigenvalue weighted by molar-refractivity contribution is 5.95. The Kier molecular flexibility index (Phi) is 5.71. The first-order valence-corrected chi connectivity index (χ1v) is 8.94. The largest absolute Gasteiger partial charge is 0.434 e. The van der Waals surface area contributed by atoms with Gasteiger partial charge in [0.2, 0.25) is 0 Å². The van der Waals surface area contributed by atoms with Crippen molar-refractivity contribution in [3.05, 3.63) is 65.5 Å². The summed E-state index contributed by atoms with van der Waals surface area (Å²) in [6.45, 7) is 1.61. The van der Waals surface area contributed by atoms with E-state index in [0.717, 1.165) is 22.7 Å². The van der Waals surface area contributed by atoms with Crippen LogP contribution in [0.25, 0.3) is 0 Å². The Labute approximate surface area is 161 Å². The molecule has 0 radical (unpaired) electrons. The van der Waals surface area contributed by atoms with Crippen LogP contribution in [0.2, 0.25) is 0 Å². The number of pyridine rings is 1. The Morgan fingerprint density at radius 1 is 1.25 bits per heavy atom. The van der Waals surface area contributed by atoms with Gasteiger partial charge in [-0.25, -0.2) is 0 Å². The standard InChI is InChI=1S/C20H22F3N3O2/c1-25(18(27)16-8-5-10-24-17(16)20(21,22)23)13-19(28)9-11-26(14-19)12-15-6-3-2-4-7-15/h2-8,10,28H,9,11-14H2,1H3. The number of carbonyl (C=O) groups is 1. The molecule has 2 aromatic rings. The number of alkyl halides is 3. The van der Waals surface area contributed by atoms with Gasteiger partial charge in [-0.3, -0.25) is 14.7 Å². The van der Waals surface area contributed by atoms with Crippen molar-refractivity contribution in [3.63, 3.8) is 0 Å². The maximum Gasteiger partial charge on any atom is 0.434 e. The molecule has 0 spiro atoms. The highest BCUT2D eigenvalue weighted by Crippen LogP contribution is 2.31. The van der Waals surface area contributed by atoms with Crippen molar-refractivity contribution in [3.8, 4) is 0 Å². The molecule has 2 heterocycles. The fraction of sp³-hybridized carbons (Fsp3) is 0.400. The number of β-amino-alcohol motifs (C(OH)–C–C–N with tert-alkyl or cyclic N) is 1. The number of likely N-dealkylation sites (tertiary alicyclic amines) is 1. The summed E-state index contributed by atoms with van der Waals surface area (Å²) in [6.07, 6.45) is -3.27. The Morgan fingerprint density at radius 3 is 2.64 bits per heavy atom. The fourth-order valence-electron chi connectivity index (χ4n) is 3.57. The zero-order chi connectivity index (χ0) is 20.4. The Bertz CT molecular complexity index is 829. The minimum Gasteiger partial charge on any atom is -0.387 e. The number of carbonyl (C=O) groups excluding carboxylic acids is 1. The summed E-state index contributed by atoms with van der Waals surface area (Å²) in [5.74, 6) is -0.810. The zero-order valence-corrected chi connectivity index (χ0v) is 15.5. The van der Waals surface area contributed by atoms with Crippen LogP contribution < -0.4 is 0 Å². The number of halogens is 3. The molecule has 150 valence electrons. The summed E-state index contributed by atoms with van der Waals surface area (Å²) in [6, 6.07) is 12.2. The monoisotopic (exact) mass is 393 g/mol. The predicted octanol–water partition coefficient (Wildman–Crippen LogP) is 2.81. The second-order valence-corrected chi connectivity index (χ2v) is 7.23. The molecule has 1 aromatic heterocycles. The number of amides is 1. The minimum atomic E-state index is -4.72. The van der Waals surface area contributed by atoms with Crippen LogP contribution in [-0.4, -0.2) is 58.1 Å². The molecular formula is C20H22F3N3O2. The highest BCUT2D eigenvalue weighted by Gasteiger charge is 2.40. The normalized spacial score (nSPS) is 20.3. The lowest BCUT2D eigenvalue weighted by Crippen LogP contribution is -2.46. The molecule has 28 heavy (non-hydrogen) atoms. The molecule has 8 heteroatoms. The van der Waals surface area contributed by atoms with Gasteiger partial charge in [-0.05, 0) is 24.1 Å². The van der Waals surface area contributed by atoms with E-state index in [2.05, 4.69) is 9.88 Å². The summed E-state index contributed by atoms with van der Waals surface area (Å²) < 4.78 is 39.4. The van der Waals surface area contributed by atoms with Crippen molar-refractivity contribution in [2.24, 2.45) is 0 Å². The van der Waals surface area contributed by atoms with Crippen LogP contribution in [0, 0.1) is 0 Å². The third kappa shape index (κ3) is 4.69. The molecule has 1 unspecified atom stereocenters. The van der Waals surface area contributed by atoms with E-state index < -0.39 is 28.9 Å². The van der Waals surface area contributed by atoms with Gasteiger partial charge in [0.25, 0.3) is 5.91 Å². The molecule has 1 aromatic carbocycles. The topological polar surface area (TPSA) is 56.7 Å².